The third-order valence-corrected chi connectivity index (χ3v) is 4.64. The Morgan fingerprint density at radius 1 is 1.23 bits per heavy atom. The summed E-state index contributed by atoms with van der Waals surface area (Å²) in [6.07, 6.45) is 5.25. The van der Waals surface area contributed by atoms with Gasteiger partial charge in [-0.25, -0.2) is 0 Å². The second-order valence-electron chi connectivity index (χ2n) is 6.14. The Labute approximate surface area is 137 Å². The van der Waals surface area contributed by atoms with Crippen LogP contribution in [-0.4, -0.2) is 10.1 Å². The second-order valence-corrected chi connectivity index (χ2v) is 6.14. The SMILES string of the molecule is CCc1ccc(C(C)c2nc(C3(N)CCCC3)no2)cc1.Cl. The Balaban J connectivity index is 0.00000176. The molecule has 1 unspecified atom stereocenters. The lowest BCUT2D eigenvalue weighted by Gasteiger charge is -2.17. The molecule has 1 aromatic carbocycles. The average molecular weight is 322 g/mol. The molecule has 3 rings (SSSR count). The Kier molecular flexibility index (Phi) is 5.24. The normalized spacial score (nSPS) is 18.0. The summed E-state index contributed by atoms with van der Waals surface area (Å²) in [5.74, 6) is 1.43. The monoisotopic (exact) mass is 321 g/mol. The van der Waals surface area contributed by atoms with Gasteiger partial charge in [0.05, 0.1) is 11.5 Å². The van der Waals surface area contributed by atoms with Crippen LogP contribution in [0.25, 0.3) is 0 Å². The van der Waals surface area contributed by atoms with Crippen molar-refractivity contribution < 1.29 is 4.52 Å². The van der Waals surface area contributed by atoms with Gasteiger partial charge in [-0.1, -0.05) is 49.2 Å². The highest BCUT2D eigenvalue weighted by atomic mass is 35.5. The van der Waals surface area contributed by atoms with Crippen molar-refractivity contribution in [1.82, 2.24) is 10.1 Å². The van der Waals surface area contributed by atoms with E-state index in [-0.39, 0.29) is 23.9 Å². The van der Waals surface area contributed by atoms with Crippen LogP contribution in [0.3, 0.4) is 0 Å². The summed E-state index contributed by atoms with van der Waals surface area (Å²) in [6.45, 7) is 4.25. The molecular weight excluding hydrogens is 298 g/mol. The Morgan fingerprint density at radius 2 is 1.86 bits per heavy atom. The van der Waals surface area contributed by atoms with Crippen LogP contribution in [0.4, 0.5) is 0 Å². The predicted molar refractivity (Wildman–Crippen MR) is 89.2 cm³/mol. The van der Waals surface area contributed by atoms with Crippen molar-refractivity contribution in [2.24, 2.45) is 5.73 Å². The van der Waals surface area contributed by atoms with E-state index >= 15 is 0 Å². The number of rotatable bonds is 4. The molecule has 22 heavy (non-hydrogen) atoms. The molecule has 5 heteroatoms. The van der Waals surface area contributed by atoms with Gasteiger partial charge in [0.25, 0.3) is 0 Å². The molecule has 0 amide bonds. The van der Waals surface area contributed by atoms with Crippen LogP contribution >= 0.6 is 12.4 Å². The Bertz CT molecular complexity index is 603. The summed E-state index contributed by atoms with van der Waals surface area (Å²) in [5, 5.41) is 4.14. The van der Waals surface area contributed by atoms with Gasteiger partial charge >= 0.3 is 0 Å². The lowest BCUT2D eigenvalue weighted by Crippen LogP contribution is -2.34. The molecule has 120 valence electrons. The van der Waals surface area contributed by atoms with Crippen LogP contribution in [0.1, 0.15) is 68.3 Å². The largest absolute Gasteiger partial charge is 0.339 e. The number of aryl methyl sites for hydroxylation is 1. The molecule has 1 aliphatic rings. The van der Waals surface area contributed by atoms with Crippen molar-refractivity contribution in [3.05, 3.63) is 47.1 Å². The van der Waals surface area contributed by atoms with Crippen LogP contribution in [0.5, 0.6) is 0 Å². The molecule has 0 bridgehead atoms. The second kappa shape index (κ2) is 6.80. The molecule has 0 aliphatic heterocycles. The van der Waals surface area contributed by atoms with E-state index in [1.165, 1.54) is 11.1 Å². The lowest BCUT2D eigenvalue weighted by atomic mass is 9.97. The summed E-state index contributed by atoms with van der Waals surface area (Å²) in [6, 6.07) is 8.59. The highest BCUT2D eigenvalue weighted by molar-refractivity contribution is 5.85. The number of nitrogens with zero attached hydrogens (tertiary/aromatic N) is 2. The zero-order valence-electron chi connectivity index (χ0n) is 13.2. The molecule has 0 saturated heterocycles. The highest BCUT2D eigenvalue weighted by Gasteiger charge is 2.36. The smallest absolute Gasteiger partial charge is 0.233 e. The third-order valence-electron chi connectivity index (χ3n) is 4.64. The molecule has 2 aromatic rings. The van der Waals surface area contributed by atoms with Gasteiger partial charge in [-0.05, 0) is 37.3 Å². The van der Waals surface area contributed by atoms with Crippen molar-refractivity contribution in [2.45, 2.75) is 57.4 Å². The Hall–Kier alpha value is -1.39. The van der Waals surface area contributed by atoms with E-state index in [1.807, 2.05) is 0 Å². The van der Waals surface area contributed by atoms with Gasteiger partial charge in [-0.2, -0.15) is 4.98 Å². The minimum atomic E-state index is -0.381. The minimum Gasteiger partial charge on any atom is -0.339 e. The molecule has 0 radical (unpaired) electrons. The predicted octanol–water partition coefficient (Wildman–Crippen LogP) is 3.93. The number of benzene rings is 1. The lowest BCUT2D eigenvalue weighted by molar-refractivity contribution is 0.344. The van der Waals surface area contributed by atoms with Gasteiger partial charge in [-0.15, -0.1) is 12.4 Å². The topological polar surface area (TPSA) is 64.9 Å². The fourth-order valence-corrected chi connectivity index (χ4v) is 3.03. The van der Waals surface area contributed by atoms with E-state index in [0.717, 1.165) is 32.1 Å². The fourth-order valence-electron chi connectivity index (χ4n) is 3.03. The van der Waals surface area contributed by atoms with Gasteiger partial charge in [0.1, 0.15) is 0 Å². The van der Waals surface area contributed by atoms with Gasteiger partial charge in [0, 0.05) is 0 Å². The van der Waals surface area contributed by atoms with Crippen LogP contribution in [0, 0.1) is 0 Å². The first kappa shape index (κ1) is 17.0. The molecule has 1 heterocycles. The van der Waals surface area contributed by atoms with E-state index in [9.17, 15) is 0 Å². The van der Waals surface area contributed by atoms with Crippen molar-refractivity contribution >= 4 is 12.4 Å². The summed E-state index contributed by atoms with van der Waals surface area (Å²) in [4.78, 5) is 4.58. The first-order valence-electron chi connectivity index (χ1n) is 7.84. The number of aromatic nitrogens is 2. The summed E-state index contributed by atoms with van der Waals surface area (Å²) < 4.78 is 5.47. The van der Waals surface area contributed by atoms with Crippen LogP contribution < -0.4 is 5.73 Å². The highest BCUT2D eigenvalue weighted by Crippen LogP contribution is 2.35. The van der Waals surface area contributed by atoms with E-state index in [4.69, 9.17) is 10.3 Å². The number of hydrogen-bond donors (Lipinski definition) is 1. The average Bonchev–Trinajstić information content (AvgIpc) is 3.16. The maximum Gasteiger partial charge on any atom is 0.233 e. The molecule has 1 atom stereocenters. The van der Waals surface area contributed by atoms with Crippen LogP contribution in [0.15, 0.2) is 28.8 Å². The summed E-state index contributed by atoms with van der Waals surface area (Å²) >= 11 is 0. The van der Waals surface area contributed by atoms with Gasteiger partial charge in [0.15, 0.2) is 5.82 Å². The third kappa shape index (κ3) is 3.18. The van der Waals surface area contributed by atoms with E-state index < -0.39 is 0 Å². The zero-order valence-corrected chi connectivity index (χ0v) is 14.0. The van der Waals surface area contributed by atoms with E-state index in [1.54, 1.807) is 0 Å². The zero-order chi connectivity index (χ0) is 14.9. The van der Waals surface area contributed by atoms with Crippen molar-refractivity contribution in [2.75, 3.05) is 0 Å². The molecule has 1 fully saturated rings. The number of hydrogen-bond acceptors (Lipinski definition) is 4. The van der Waals surface area contributed by atoms with E-state index in [0.29, 0.717) is 11.7 Å². The maximum absolute atomic E-state index is 6.39. The maximum atomic E-state index is 6.39. The minimum absolute atomic E-state index is 0. The molecule has 1 aliphatic carbocycles. The summed E-state index contributed by atoms with van der Waals surface area (Å²) in [5.41, 5.74) is 8.54. The summed E-state index contributed by atoms with van der Waals surface area (Å²) in [7, 11) is 0. The van der Waals surface area contributed by atoms with Crippen molar-refractivity contribution in [1.29, 1.82) is 0 Å². The molecule has 0 spiro atoms. The van der Waals surface area contributed by atoms with Crippen LogP contribution in [0.2, 0.25) is 0 Å². The quantitative estimate of drug-likeness (QED) is 0.926. The van der Waals surface area contributed by atoms with Crippen molar-refractivity contribution in [3.8, 4) is 0 Å². The standard InChI is InChI=1S/C17H23N3O.ClH/c1-3-13-6-8-14(9-7-13)12(2)15-19-16(20-21-15)17(18)10-4-5-11-17;/h6-9,12H,3-5,10-11,18H2,1-2H3;1H. The number of halogens is 1. The Morgan fingerprint density at radius 3 is 2.45 bits per heavy atom. The van der Waals surface area contributed by atoms with Gasteiger partial charge in [0.2, 0.25) is 5.89 Å². The van der Waals surface area contributed by atoms with Gasteiger partial charge < -0.3 is 10.3 Å². The molecule has 1 aromatic heterocycles. The molecular formula is C17H24ClN3O. The molecule has 4 nitrogen and oxygen atoms in total. The van der Waals surface area contributed by atoms with Gasteiger partial charge in [-0.3, -0.25) is 0 Å². The fraction of sp³-hybridized carbons (Fsp3) is 0.529. The van der Waals surface area contributed by atoms with E-state index in [2.05, 4.69) is 48.3 Å². The number of nitrogens with two attached hydrogens (primary N) is 1. The van der Waals surface area contributed by atoms with Crippen LogP contribution in [-0.2, 0) is 12.0 Å². The first-order valence-corrected chi connectivity index (χ1v) is 7.84. The molecule has 1 saturated carbocycles. The van der Waals surface area contributed by atoms with Crippen molar-refractivity contribution in [3.63, 3.8) is 0 Å². The molecule has 2 N–H and O–H groups in total. The first-order chi connectivity index (χ1) is 10.1.